The van der Waals surface area contributed by atoms with Gasteiger partial charge in [-0.2, -0.15) is 0 Å². The molecule has 34 heavy (non-hydrogen) atoms. The molecule has 7 heteroatoms. The SMILES string of the molecule is C=CCn1c(=O)c(=O)n(Cc2ccc(C(=O)NCC[C@H](C)N3CCCC3)cc2)c2ccccc21. The van der Waals surface area contributed by atoms with E-state index >= 15 is 0 Å². The number of allylic oxidation sites excluding steroid dienone is 1. The van der Waals surface area contributed by atoms with E-state index < -0.39 is 11.1 Å². The summed E-state index contributed by atoms with van der Waals surface area (Å²) >= 11 is 0. The van der Waals surface area contributed by atoms with Gasteiger partial charge < -0.3 is 10.2 Å². The molecule has 1 fully saturated rings. The van der Waals surface area contributed by atoms with Crippen LogP contribution < -0.4 is 16.4 Å². The summed E-state index contributed by atoms with van der Waals surface area (Å²) in [6.07, 6.45) is 5.06. The number of benzene rings is 2. The molecule has 0 bridgehead atoms. The monoisotopic (exact) mass is 460 g/mol. The van der Waals surface area contributed by atoms with Gasteiger partial charge in [-0.1, -0.05) is 30.3 Å². The largest absolute Gasteiger partial charge is 0.352 e. The average Bonchev–Trinajstić information content (AvgIpc) is 3.40. The fraction of sp³-hybridized carbons (Fsp3) is 0.370. The first-order valence-electron chi connectivity index (χ1n) is 11.9. The molecule has 2 aromatic carbocycles. The summed E-state index contributed by atoms with van der Waals surface area (Å²) in [5.74, 6) is -0.102. The lowest BCUT2D eigenvalue weighted by molar-refractivity contribution is 0.0949. The second kappa shape index (κ2) is 10.7. The maximum absolute atomic E-state index is 12.9. The van der Waals surface area contributed by atoms with Crippen molar-refractivity contribution in [3.8, 4) is 0 Å². The van der Waals surface area contributed by atoms with Crippen molar-refractivity contribution in [3.05, 3.63) is 93.0 Å². The van der Waals surface area contributed by atoms with E-state index in [2.05, 4.69) is 23.7 Å². The zero-order valence-electron chi connectivity index (χ0n) is 19.7. The van der Waals surface area contributed by atoms with Crippen molar-refractivity contribution in [1.29, 1.82) is 0 Å². The van der Waals surface area contributed by atoms with Crippen LogP contribution in [0.4, 0.5) is 0 Å². The molecule has 1 N–H and O–H groups in total. The minimum atomic E-state index is -0.575. The number of hydrogen-bond acceptors (Lipinski definition) is 4. The number of nitrogens with zero attached hydrogens (tertiary/aromatic N) is 3. The van der Waals surface area contributed by atoms with Crippen LogP contribution >= 0.6 is 0 Å². The van der Waals surface area contributed by atoms with Gasteiger partial charge in [0.05, 0.1) is 17.6 Å². The number of fused-ring (bicyclic) bond motifs is 1. The number of hydrogen-bond donors (Lipinski definition) is 1. The molecular weight excluding hydrogens is 428 g/mol. The molecule has 1 amide bonds. The molecule has 178 valence electrons. The van der Waals surface area contributed by atoms with Crippen LogP contribution in [0.1, 0.15) is 42.1 Å². The fourth-order valence-corrected chi connectivity index (χ4v) is 4.64. The van der Waals surface area contributed by atoms with E-state index in [9.17, 15) is 14.4 Å². The Labute approximate surface area is 199 Å². The van der Waals surface area contributed by atoms with Gasteiger partial charge in [-0.3, -0.25) is 23.5 Å². The van der Waals surface area contributed by atoms with Gasteiger partial charge in [-0.15, -0.1) is 6.58 Å². The Kier molecular flexibility index (Phi) is 7.43. The Morgan fingerprint density at radius 1 is 1.00 bits per heavy atom. The molecule has 0 aliphatic carbocycles. The van der Waals surface area contributed by atoms with Crippen LogP contribution in [0.2, 0.25) is 0 Å². The molecule has 4 rings (SSSR count). The number of amides is 1. The summed E-state index contributed by atoms with van der Waals surface area (Å²) in [5.41, 5.74) is 1.64. The van der Waals surface area contributed by atoms with Crippen LogP contribution in [0.3, 0.4) is 0 Å². The first-order chi connectivity index (χ1) is 16.5. The number of rotatable bonds is 9. The van der Waals surface area contributed by atoms with Gasteiger partial charge >= 0.3 is 11.1 Å². The molecule has 1 aliphatic heterocycles. The molecule has 0 unspecified atom stereocenters. The van der Waals surface area contributed by atoms with Crippen molar-refractivity contribution in [1.82, 2.24) is 19.4 Å². The van der Waals surface area contributed by atoms with E-state index in [0.29, 0.717) is 29.2 Å². The Morgan fingerprint density at radius 2 is 1.62 bits per heavy atom. The highest BCUT2D eigenvalue weighted by Crippen LogP contribution is 2.15. The topological polar surface area (TPSA) is 76.3 Å². The molecule has 0 radical (unpaired) electrons. The number of carbonyl (C=O) groups excluding carboxylic acids is 1. The molecular formula is C27H32N4O3. The van der Waals surface area contributed by atoms with Gasteiger partial charge in [-0.05, 0) is 69.1 Å². The zero-order valence-corrected chi connectivity index (χ0v) is 19.7. The average molecular weight is 461 g/mol. The molecule has 7 nitrogen and oxygen atoms in total. The quantitative estimate of drug-likeness (QED) is 0.393. The highest BCUT2D eigenvalue weighted by Gasteiger charge is 2.18. The Bertz CT molecular complexity index is 1280. The van der Waals surface area contributed by atoms with E-state index in [1.54, 1.807) is 18.2 Å². The molecule has 1 aromatic heterocycles. The second-order valence-electron chi connectivity index (χ2n) is 8.92. The predicted octanol–water partition coefficient (Wildman–Crippen LogP) is 3.00. The summed E-state index contributed by atoms with van der Waals surface area (Å²) in [6, 6.07) is 15.0. The second-order valence-corrected chi connectivity index (χ2v) is 8.92. The summed E-state index contributed by atoms with van der Waals surface area (Å²) < 4.78 is 2.94. The van der Waals surface area contributed by atoms with Gasteiger partial charge in [0.1, 0.15) is 0 Å². The van der Waals surface area contributed by atoms with Crippen molar-refractivity contribution in [2.75, 3.05) is 19.6 Å². The zero-order chi connectivity index (χ0) is 24.1. The molecule has 1 aliphatic rings. The lowest BCUT2D eigenvalue weighted by atomic mass is 10.1. The van der Waals surface area contributed by atoms with Crippen molar-refractivity contribution in [2.24, 2.45) is 0 Å². The minimum absolute atomic E-state index is 0.102. The van der Waals surface area contributed by atoms with E-state index in [1.807, 2.05) is 36.4 Å². The van der Waals surface area contributed by atoms with Gasteiger partial charge in [-0.25, -0.2) is 0 Å². The predicted molar refractivity (Wildman–Crippen MR) is 135 cm³/mol. The number of carbonyl (C=O) groups is 1. The molecule has 2 heterocycles. The highest BCUT2D eigenvalue weighted by molar-refractivity contribution is 5.94. The summed E-state index contributed by atoms with van der Waals surface area (Å²) in [6.45, 7) is 9.37. The fourth-order valence-electron chi connectivity index (χ4n) is 4.64. The number of nitrogens with one attached hydrogen (secondary N) is 1. The Balaban J connectivity index is 1.46. The maximum atomic E-state index is 12.9. The lowest BCUT2D eigenvalue weighted by Crippen LogP contribution is -2.41. The minimum Gasteiger partial charge on any atom is -0.352 e. The first kappa shape index (κ1) is 23.7. The van der Waals surface area contributed by atoms with Crippen molar-refractivity contribution < 1.29 is 4.79 Å². The Hall–Kier alpha value is -3.45. The number of likely N-dealkylation sites (tertiary alicyclic amines) is 1. The summed E-state index contributed by atoms with van der Waals surface area (Å²) in [7, 11) is 0. The first-order valence-corrected chi connectivity index (χ1v) is 11.9. The van der Waals surface area contributed by atoms with E-state index in [1.165, 1.54) is 22.0 Å². The lowest BCUT2D eigenvalue weighted by Gasteiger charge is -2.23. The number of aromatic nitrogens is 2. The van der Waals surface area contributed by atoms with Crippen LogP contribution in [0.5, 0.6) is 0 Å². The van der Waals surface area contributed by atoms with Crippen LogP contribution in [0.15, 0.2) is 70.8 Å². The standard InChI is InChI=1S/C27H32N4O3/c1-3-16-30-23-8-4-5-9-24(23)31(27(34)26(30)33)19-21-10-12-22(13-11-21)25(32)28-15-14-20(2)29-17-6-7-18-29/h3-5,8-13,20H,1,6-7,14-19H2,2H3,(H,28,32)/t20-/m0/s1. The Morgan fingerprint density at radius 3 is 2.26 bits per heavy atom. The third kappa shape index (κ3) is 5.04. The van der Waals surface area contributed by atoms with Crippen LogP contribution in [0, 0.1) is 0 Å². The van der Waals surface area contributed by atoms with Gasteiger partial charge in [0.2, 0.25) is 0 Å². The van der Waals surface area contributed by atoms with Gasteiger partial charge in [0.15, 0.2) is 0 Å². The van der Waals surface area contributed by atoms with Crippen molar-refractivity contribution >= 4 is 16.9 Å². The summed E-state index contributed by atoms with van der Waals surface area (Å²) in [5, 5.41) is 3.01. The van der Waals surface area contributed by atoms with Gasteiger partial charge in [0, 0.05) is 24.7 Å². The van der Waals surface area contributed by atoms with E-state index in [-0.39, 0.29) is 19.0 Å². The third-order valence-electron chi connectivity index (χ3n) is 6.62. The highest BCUT2D eigenvalue weighted by atomic mass is 16.2. The van der Waals surface area contributed by atoms with Crippen LogP contribution in [0.25, 0.3) is 11.0 Å². The van der Waals surface area contributed by atoms with Crippen molar-refractivity contribution in [2.45, 2.75) is 45.3 Å². The van der Waals surface area contributed by atoms with E-state index in [0.717, 1.165) is 25.1 Å². The van der Waals surface area contributed by atoms with Gasteiger partial charge in [0.25, 0.3) is 5.91 Å². The molecule has 3 aromatic rings. The molecule has 1 saturated heterocycles. The smallest absolute Gasteiger partial charge is 0.317 e. The van der Waals surface area contributed by atoms with Crippen LogP contribution in [-0.2, 0) is 13.1 Å². The van der Waals surface area contributed by atoms with E-state index in [4.69, 9.17) is 0 Å². The maximum Gasteiger partial charge on any atom is 0.317 e. The molecule has 1 atom stereocenters. The van der Waals surface area contributed by atoms with Crippen LogP contribution in [-0.4, -0.2) is 45.6 Å². The van der Waals surface area contributed by atoms with Crippen molar-refractivity contribution in [3.63, 3.8) is 0 Å². The third-order valence-corrected chi connectivity index (χ3v) is 6.62. The summed E-state index contributed by atoms with van der Waals surface area (Å²) in [4.78, 5) is 40.6. The normalized spacial score (nSPS) is 14.9. The number of para-hydroxylation sites is 2. The molecule has 0 saturated carbocycles. The molecule has 0 spiro atoms.